The van der Waals surface area contributed by atoms with Crippen molar-refractivity contribution >= 4 is 68.6 Å². The van der Waals surface area contributed by atoms with Crippen molar-refractivity contribution in [3.8, 4) is 11.1 Å². The number of carbonyl (C=O) groups is 3. The lowest BCUT2D eigenvalue weighted by Gasteiger charge is -2.27. The van der Waals surface area contributed by atoms with Crippen LogP contribution in [0, 0.1) is 0 Å². The van der Waals surface area contributed by atoms with E-state index in [1.54, 1.807) is 66.0 Å². The van der Waals surface area contributed by atoms with Gasteiger partial charge in [0.25, 0.3) is 10.8 Å². The van der Waals surface area contributed by atoms with Gasteiger partial charge >= 0.3 is 11.8 Å². The summed E-state index contributed by atoms with van der Waals surface area (Å²) >= 11 is 12.2. The highest BCUT2D eigenvalue weighted by Crippen LogP contribution is 2.42. The van der Waals surface area contributed by atoms with E-state index < -0.39 is 39.8 Å². The smallest absolute Gasteiger partial charge is 0.321 e. The van der Waals surface area contributed by atoms with Crippen molar-refractivity contribution < 1.29 is 23.2 Å². The summed E-state index contributed by atoms with van der Waals surface area (Å²) < 4.78 is 31.1. The Morgan fingerprint density at radius 1 is 0.929 bits per heavy atom. The van der Waals surface area contributed by atoms with Gasteiger partial charge in [-0.2, -0.15) is 13.9 Å². The number of pyridine rings is 1. The van der Waals surface area contributed by atoms with E-state index in [9.17, 15) is 19.2 Å². The SMILES string of the molecule is O=C1NC(=O)C(C(F)(F)C(=O)N2N=C(c3c(-c4ccc(Cl)cc4)c4ccccc4[nH]c3=O)CC2c2ccc(Cl)cc2)S1. The van der Waals surface area contributed by atoms with Gasteiger partial charge in [0.15, 0.2) is 5.25 Å². The molecular formula is C29H18Cl2F2N4O4S. The molecule has 3 heterocycles. The van der Waals surface area contributed by atoms with Crippen molar-refractivity contribution in [2.24, 2.45) is 5.10 Å². The van der Waals surface area contributed by atoms with Gasteiger partial charge in [0, 0.05) is 32.9 Å². The molecule has 42 heavy (non-hydrogen) atoms. The largest absolute Gasteiger partial charge is 0.347 e. The van der Waals surface area contributed by atoms with Crippen molar-refractivity contribution in [3.05, 3.63) is 104 Å². The highest BCUT2D eigenvalue weighted by atomic mass is 35.5. The third-order valence-electron chi connectivity index (χ3n) is 7.02. The molecule has 2 aliphatic heterocycles. The Balaban J connectivity index is 1.53. The molecule has 0 spiro atoms. The Kier molecular flexibility index (Phi) is 7.12. The van der Waals surface area contributed by atoms with Crippen molar-refractivity contribution in [2.45, 2.75) is 23.6 Å². The Hall–Kier alpha value is -4.06. The number of aromatic nitrogens is 1. The van der Waals surface area contributed by atoms with Gasteiger partial charge in [0.05, 0.1) is 17.3 Å². The number of nitrogens with one attached hydrogen (secondary N) is 2. The van der Waals surface area contributed by atoms with E-state index in [0.717, 1.165) is 0 Å². The summed E-state index contributed by atoms with van der Waals surface area (Å²) in [5.74, 6) is -7.35. The summed E-state index contributed by atoms with van der Waals surface area (Å²) in [4.78, 5) is 53.6. The van der Waals surface area contributed by atoms with Gasteiger partial charge in [-0.1, -0.05) is 65.7 Å². The third kappa shape index (κ3) is 4.87. The predicted octanol–water partition coefficient (Wildman–Crippen LogP) is 6.17. The second-order valence-corrected chi connectivity index (χ2v) is 11.6. The standard InChI is InChI=1S/C29H18Cl2F2N4O4S/c30-16-9-5-14(6-10-16)21-13-20(36-37(21)27(40)29(32,33)24-26(39)35-28(41)42-24)23-22(15-7-11-17(31)12-8-15)18-3-1-2-4-19(18)34-25(23)38/h1-12,21,24H,13H2,(H,34,38)(H,35,39,41). The molecule has 2 N–H and O–H groups in total. The minimum Gasteiger partial charge on any atom is -0.321 e. The number of halogens is 4. The molecule has 0 bridgehead atoms. The number of carbonyl (C=O) groups excluding carboxylic acids is 3. The maximum absolute atomic E-state index is 15.6. The van der Waals surface area contributed by atoms with Crippen molar-refractivity contribution in [1.29, 1.82) is 0 Å². The molecule has 1 saturated heterocycles. The molecule has 2 atom stereocenters. The number of alkyl halides is 2. The van der Waals surface area contributed by atoms with E-state index in [1.807, 2.05) is 0 Å². The Labute approximate surface area is 250 Å². The number of imide groups is 1. The molecule has 4 aromatic rings. The average molecular weight is 627 g/mol. The first-order valence-electron chi connectivity index (χ1n) is 12.5. The number of hydrogen-bond acceptors (Lipinski definition) is 6. The summed E-state index contributed by atoms with van der Waals surface area (Å²) in [5.41, 5.74) is 1.70. The normalized spacial score (nSPS) is 18.9. The summed E-state index contributed by atoms with van der Waals surface area (Å²) in [7, 11) is 0. The second-order valence-electron chi connectivity index (χ2n) is 9.62. The second kappa shape index (κ2) is 10.6. The summed E-state index contributed by atoms with van der Waals surface area (Å²) in [6.07, 6.45) is -0.103. The van der Waals surface area contributed by atoms with E-state index in [-0.39, 0.29) is 29.5 Å². The van der Waals surface area contributed by atoms with Gasteiger partial charge < -0.3 is 4.98 Å². The number of nitrogens with zero attached hydrogens (tertiary/aromatic N) is 2. The molecule has 2 unspecified atom stereocenters. The first-order valence-corrected chi connectivity index (χ1v) is 14.2. The fraction of sp³-hybridized carbons (Fsp3) is 0.138. The van der Waals surface area contributed by atoms with Crippen LogP contribution in [0.5, 0.6) is 0 Å². The summed E-state index contributed by atoms with van der Waals surface area (Å²) in [5, 5.41) is 4.96. The number of fused-ring (bicyclic) bond motifs is 1. The summed E-state index contributed by atoms with van der Waals surface area (Å²) in [6.45, 7) is 0. The molecule has 0 saturated carbocycles. The van der Waals surface area contributed by atoms with Crippen molar-refractivity contribution in [3.63, 3.8) is 0 Å². The van der Waals surface area contributed by atoms with E-state index in [2.05, 4.69) is 10.1 Å². The van der Waals surface area contributed by atoms with Gasteiger partial charge in [-0.3, -0.25) is 24.5 Å². The van der Waals surface area contributed by atoms with Gasteiger partial charge in [-0.15, -0.1) is 0 Å². The number of rotatable bonds is 5. The number of thioether (sulfide) groups is 1. The van der Waals surface area contributed by atoms with Crippen LogP contribution in [-0.4, -0.2) is 43.9 Å². The number of amides is 3. The number of H-pyrrole nitrogens is 1. The van der Waals surface area contributed by atoms with Crippen LogP contribution in [0.3, 0.4) is 0 Å². The van der Waals surface area contributed by atoms with Crippen LogP contribution in [0.1, 0.15) is 23.6 Å². The Morgan fingerprint density at radius 2 is 1.57 bits per heavy atom. The molecule has 2 aliphatic rings. The lowest BCUT2D eigenvalue weighted by molar-refractivity contribution is -0.161. The maximum Gasteiger partial charge on any atom is 0.347 e. The van der Waals surface area contributed by atoms with Gasteiger partial charge in [-0.25, -0.2) is 5.01 Å². The summed E-state index contributed by atoms with van der Waals surface area (Å²) in [6, 6.07) is 19.0. The first-order chi connectivity index (χ1) is 20.0. The molecule has 212 valence electrons. The highest BCUT2D eigenvalue weighted by molar-refractivity contribution is 8.15. The van der Waals surface area contributed by atoms with Crippen LogP contribution >= 0.6 is 35.0 Å². The van der Waals surface area contributed by atoms with Gasteiger partial charge in [-0.05, 0) is 53.2 Å². The number of aromatic amines is 1. The van der Waals surface area contributed by atoms with Crippen LogP contribution in [0.25, 0.3) is 22.0 Å². The van der Waals surface area contributed by atoms with E-state index >= 15 is 8.78 Å². The molecular weight excluding hydrogens is 609 g/mol. The molecule has 0 radical (unpaired) electrons. The number of hydrogen-bond donors (Lipinski definition) is 2. The topological polar surface area (TPSA) is 112 Å². The highest BCUT2D eigenvalue weighted by Gasteiger charge is 2.59. The molecule has 3 aromatic carbocycles. The minimum atomic E-state index is -4.29. The van der Waals surface area contributed by atoms with Crippen LogP contribution < -0.4 is 10.9 Å². The Bertz CT molecular complexity index is 1860. The fourth-order valence-corrected chi connectivity index (χ4v) is 6.13. The number of para-hydroxylation sites is 1. The van der Waals surface area contributed by atoms with Crippen LogP contribution in [0.4, 0.5) is 13.6 Å². The van der Waals surface area contributed by atoms with Gasteiger partial charge in [0.1, 0.15) is 0 Å². The maximum atomic E-state index is 15.6. The molecule has 6 rings (SSSR count). The molecule has 13 heteroatoms. The van der Waals surface area contributed by atoms with E-state index in [0.29, 0.717) is 42.6 Å². The molecule has 1 fully saturated rings. The zero-order valence-corrected chi connectivity index (χ0v) is 23.6. The lowest BCUT2D eigenvalue weighted by atomic mass is 9.91. The molecule has 0 aliphatic carbocycles. The molecule has 1 aromatic heterocycles. The molecule has 8 nitrogen and oxygen atoms in total. The number of benzene rings is 3. The Morgan fingerprint density at radius 3 is 2.21 bits per heavy atom. The first kappa shape index (κ1) is 28.1. The van der Waals surface area contributed by atoms with Crippen LogP contribution in [-0.2, 0) is 9.59 Å². The molecule has 3 amide bonds. The van der Waals surface area contributed by atoms with Gasteiger partial charge in [0.2, 0.25) is 5.91 Å². The van der Waals surface area contributed by atoms with Crippen LogP contribution in [0.2, 0.25) is 10.0 Å². The van der Waals surface area contributed by atoms with Crippen molar-refractivity contribution in [1.82, 2.24) is 15.3 Å². The minimum absolute atomic E-state index is 0.0398. The quantitative estimate of drug-likeness (QED) is 0.275. The van der Waals surface area contributed by atoms with E-state index in [4.69, 9.17) is 23.2 Å². The van der Waals surface area contributed by atoms with Crippen molar-refractivity contribution in [2.75, 3.05) is 0 Å². The van der Waals surface area contributed by atoms with E-state index in [1.165, 1.54) is 12.1 Å². The average Bonchev–Trinajstić information content (AvgIpc) is 3.55. The zero-order valence-electron chi connectivity index (χ0n) is 21.2. The predicted molar refractivity (Wildman–Crippen MR) is 157 cm³/mol. The zero-order chi connectivity index (χ0) is 29.8. The van der Waals surface area contributed by atoms with Crippen LogP contribution in [0.15, 0.2) is 82.7 Å². The number of hydrazone groups is 1. The monoisotopic (exact) mass is 626 g/mol. The lowest BCUT2D eigenvalue weighted by Crippen LogP contribution is -2.50. The fourth-order valence-electron chi connectivity index (χ4n) is 5.09. The third-order valence-corrected chi connectivity index (χ3v) is 8.58.